The lowest BCUT2D eigenvalue weighted by Gasteiger charge is -2.36. The highest BCUT2D eigenvalue weighted by atomic mass is 16.5. The number of hydrogen-bond donors (Lipinski definition) is 1. The molecule has 0 spiro atoms. The molecule has 2 atom stereocenters. The molecule has 0 aliphatic carbocycles. The Morgan fingerprint density at radius 1 is 1.44 bits per heavy atom. The first kappa shape index (κ1) is 13.5. The van der Waals surface area contributed by atoms with E-state index in [1.165, 1.54) is 7.11 Å². The maximum atomic E-state index is 11.6. The predicted octanol–water partition coefficient (Wildman–Crippen LogP) is 0.869. The zero-order valence-corrected chi connectivity index (χ0v) is 10.7. The minimum atomic E-state index is -0.0660. The number of likely N-dealkylation sites (tertiary alicyclic amines) is 1. The van der Waals surface area contributed by atoms with Gasteiger partial charge in [-0.05, 0) is 25.9 Å². The fourth-order valence-electron chi connectivity index (χ4n) is 2.46. The van der Waals surface area contributed by atoms with Crippen LogP contribution < -0.4 is 5.32 Å². The molecule has 2 unspecified atom stereocenters. The number of carbonyl (C=O) groups excluding carboxylic acids is 1. The van der Waals surface area contributed by atoms with Gasteiger partial charge in [-0.3, -0.25) is 4.79 Å². The van der Waals surface area contributed by atoms with Gasteiger partial charge in [0.2, 0.25) is 0 Å². The summed E-state index contributed by atoms with van der Waals surface area (Å²) < 4.78 is 4.85. The molecule has 1 fully saturated rings. The van der Waals surface area contributed by atoms with Crippen molar-refractivity contribution in [3.8, 4) is 0 Å². The van der Waals surface area contributed by atoms with Gasteiger partial charge in [-0.25, -0.2) is 0 Å². The van der Waals surface area contributed by atoms with Crippen molar-refractivity contribution in [3.63, 3.8) is 0 Å². The molecule has 4 heteroatoms. The normalized spacial score (nSPS) is 26.7. The van der Waals surface area contributed by atoms with Gasteiger partial charge in [-0.15, -0.1) is 0 Å². The maximum Gasteiger partial charge on any atom is 0.310 e. The number of likely N-dealkylation sites (N-methyl/N-ethyl adjacent to an activating group) is 1. The summed E-state index contributed by atoms with van der Waals surface area (Å²) in [5, 5.41) is 3.43. The molecular weight excluding hydrogens is 204 g/mol. The van der Waals surface area contributed by atoms with Gasteiger partial charge in [-0.2, -0.15) is 0 Å². The Bertz CT molecular complexity index is 207. The maximum absolute atomic E-state index is 11.6. The van der Waals surface area contributed by atoms with Gasteiger partial charge in [0.15, 0.2) is 0 Å². The van der Waals surface area contributed by atoms with Crippen molar-refractivity contribution in [2.45, 2.75) is 32.7 Å². The lowest BCUT2D eigenvalue weighted by molar-refractivity contribution is -0.147. The molecule has 0 amide bonds. The highest BCUT2D eigenvalue weighted by Crippen LogP contribution is 2.18. The van der Waals surface area contributed by atoms with Crippen LogP contribution in [0.3, 0.4) is 0 Å². The van der Waals surface area contributed by atoms with Crippen LogP contribution in [0.1, 0.15) is 26.7 Å². The van der Waals surface area contributed by atoms with E-state index in [0.717, 1.165) is 39.0 Å². The fraction of sp³-hybridized carbons (Fsp3) is 0.917. The summed E-state index contributed by atoms with van der Waals surface area (Å²) >= 11 is 0. The highest BCUT2D eigenvalue weighted by molar-refractivity contribution is 5.72. The third-order valence-electron chi connectivity index (χ3n) is 3.09. The number of piperidine rings is 1. The van der Waals surface area contributed by atoms with Gasteiger partial charge < -0.3 is 15.0 Å². The van der Waals surface area contributed by atoms with Crippen molar-refractivity contribution in [1.82, 2.24) is 10.2 Å². The first-order valence-corrected chi connectivity index (χ1v) is 6.24. The lowest BCUT2D eigenvalue weighted by atomic mass is 9.94. The molecule has 1 rings (SSSR count). The summed E-state index contributed by atoms with van der Waals surface area (Å²) in [6.07, 6.45) is 2.04. The second kappa shape index (κ2) is 6.86. The number of methoxy groups -OCH3 is 1. The van der Waals surface area contributed by atoms with Gasteiger partial charge in [0.05, 0.1) is 13.0 Å². The number of hydrogen-bond acceptors (Lipinski definition) is 4. The molecule has 16 heavy (non-hydrogen) atoms. The van der Waals surface area contributed by atoms with E-state index >= 15 is 0 Å². The van der Waals surface area contributed by atoms with E-state index < -0.39 is 0 Å². The quantitative estimate of drug-likeness (QED) is 0.709. The van der Waals surface area contributed by atoms with Crippen LogP contribution in [0.2, 0.25) is 0 Å². The SMILES string of the molecule is CCCN1CC(NCC)CC(C(=O)OC)C1. The minimum absolute atomic E-state index is 0.0364. The molecule has 1 aliphatic rings. The van der Waals surface area contributed by atoms with Crippen LogP contribution in [-0.4, -0.2) is 50.2 Å². The predicted molar refractivity (Wildman–Crippen MR) is 64.3 cm³/mol. The Morgan fingerprint density at radius 2 is 2.19 bits per heavy atom. The van der Waals surface area contributed by atoms with Crippen molar-refractivity contribution in [2.24, 2.45) is 5.92 Å². The van der Waals surface area contributed by atoms with Gasteiger partial charge in [0, 0.05) is 19.1 Å². The second-order valence-electron chi connectivity index (χ2n) is 4.47. The standard InChI is InChI=1S/C12H24N2O2/c1-4-6-14-8-10(12(15)16-3)7-11(9-14)13-5-2/h10-11,13H,4-9H2,1-3H3. The van der Waals surface area contributed by atoms with Crippen molar-refractivity contribution >= 4 is 5.97 Å². The molecule has 1 saturated heterocycles. The van der Waals surface area contributed by atoms with Crippen LogP contribution in [0.15, 0.2) is 0 Å². The van der Waals surface area contributed by atoms with Crippen LogP contribution >= 0.6 is 0 Å². The number of rotatable bonds is 5. The molecule has 0 bridgehead atoms. The van der Waals surface area contributed by atoms with E-state index in [2.05, 4.69) is 24.1 Å². The van der Waals surface area contributed by atoms with E-state index in [4.69, 9.17) is 4.74 Å². The molecule has 94 valence electrons. The van der Waals surface area contributed by atoms with Crippen molar-refractivity contribution in [2.75, 3.05) is 33.3 Å². The molecule has 1 N–H and O–H groups in total. The van der Waals surface area contributed by atoms with Gasteiger partial charge >= 0.3 is 5.97 Å². The zero-order valence-electron chi connectivity index (χ0n) is 10.7. The molecule has 0 radical (unpaired) electrons. The Hall–Kier alpha value is -0.610. The third kappa shape index (κ3) is 3.76. The summed E-state index contributed by atoms with van der Waals surface area (Å²) in [5.74, 6) is -0.0296. The van der Waals surface area contributed by atoms with E-state index in [1.54, 1.807) is 0 Å². The van der Waals surface area contributed by atoms with Gasteiger partial charge in [0.1, 0.15) is 0 Å². The average molecular weight is 228 g/mol. The van der Waals surface area contributed by atoms with Crippen molar-refractivity contribution in [1.29, 1.82) is 0 Å². The summed E-state index contributed by atoms with van der Waals surface area (Å²) in [4.78, 5) is 13.9. The monoisotopic (exact) mass is 228 g/mol. The first-order chi connectivity index (χ1) is 7.71. The third-order valence-corrected chi connectivity index (χ3v) is 3.09. The summed E-state index contributed by atoms with van der Waals surface area (Å²) in [7, 11) is 1.48. The minimum Gasteiger partial charge on any atom is -0.469 e. The highest BCUT2D eigenvalue weighted by Gasteiger charge is 2.31. The molecule has 4 nitrogen and oxygen atoms in total. The fourth-order valence-corrected chi connectivity index (χ4v) is 2.46. The van der Waals surface area contributed by atoms with Crippen LogP contribution in [0.5, 0.6) is 0 Å². The zero-order chi connectivity index (χ0) is 12.0. The van der Waals surface area contributed by atoms with Crippen LogP contribution in [0.4, 0.5) is 0 Å². The summed E-state index contributed by atoms with van der Waals surface area (Å²) in [5.41, 5.74) is 0. The van der Waals surface area contributed by atoms with Crippen LogP contribution in [-0.2, 0) is 9.53 Å². The van der Waals surface area contributed by atoms with Crippen molar-refractivity contribution < 1.29 is 9.53 Å². The largest absolute Gasteiger partial charge is 0.469 e. The summed E-state index contributed by atoms with van der Waals surface area (Å²) in [6, 6.07) is 0.425. The Kier molecular flexibility index (Phi) is 5.77. The van der Waals surface area contributed by atoms with Gasteiger partial charge in [-0.1, -0.05) is 13.8 Å². The van der Waals surface area contributed by atoms with Crippen LogP contribution in [0, 0.1) is 5.92 Å². The Labute approximate surface area is 98.3 Å². The van der Waals surface area contributed by atoms with E-state index in [9.17, 15) is 4.79 Å². The number of nitrogens with zero attached hydrogens (tertiary/aromatic N) is 1. The van der Waals surface area contributed by atoms with E-state index in [1.807, 2.05) is 0 Å². The summed E-state index contributed by atoms with van der Waals surface area (Å²) in [6.45, 7) is 8.20. The number of ether oxygens (including phenoxy) is 1. The van der Waals surface area contributed by atoms with Crippen molar-refractivity contribution in [3.05, 3.63) is 0 Å². The molecule has 1 heterocycles. The molecule has 1 aliphatic heterocycles. The van der Waals surface area contributed by atoms with E-state index in [-0.39, 0.29) is 11.9 Å². The molecule has 0 saturated carbocycles. The first-order valence-electron chi connectivity index (χ1n) is 6.24. The van der Waals surface area contributed by atoms with E-state index in [0.29, 0.717) is 6.04 Å². The second-order valence-corrected chi connectivity index (χ2v) is 4.47. The lowest BCUT2D eigenvalue weighted by Crippen LogP contribution is -2.51. The molecule has 0 aromatic rings. The Morgan fingerprint density at radius 3 is 2.75 bits per heavy atom. The molecule has 0 aromatic carbocycles. The molecule has 0 aromatic heterocycles. The number of nitrogens with one attached hydrogen (secondary N) is 1. The van der Waals surface area contributed by atoms with Gasteiger partial charge in [0.25, 0.3) is 0 Å². The number of esters is 1. The van der Waals surface area contributed by atoms with Crippen LogP contribution in [0.25, 0.3) is 0 Å². The topological polar surface area (TPSA) is 41.6 Å². The smallest absolute Gasteiger partial charge is 0.310 e. The average Bonchev–Trinajstić information content (AvgIpc) is 2.28. The Balaban J connectivity index is 2.54. The number of carbonyl (C=O) groups is 1. The molecular formula is C12H24N2O2.